The topological polar surface area (TPSA) is 52.6 Å². The Morgan fingerprint density at radius 1 is 1.18 bits per heavy atom. The number of likely N-dealkylation sites (tertiary alicyclic amines) is 1. The molecule has 0 aromatic rings. The van der Waals surface area contributed by atoms with Gasteiger partial charge >= 0.3 is 0 Å². The van der Waals surface area contributed by atoms with Gasteiger partial charge in [0, 0.05) is 12.6 Å². The van der Waals surface area contributed by atoms with E-state index < -0.39 is 0 Å². The fourth-order valence-corrected chi connectivity index (χ4v) is 3.05. The molecule has 2 aliphatic rings. The summed E-state index contributed by atoms with van der Waals surface area (Å²) in [6, 6.07) is 0.180. The number of aliphatic hydroxyl groups excluding tert-OH is 1. The van der Waals surface area contributed by atoms with Gasteiger partial charge in [-0.2, -0.15) is 0 Å². The molecule has 2 rings (SSSR count). The highest BCUT2D eigenvalue weighted by atomic mass is 16.3. The molecule has 0 aliphatic carbocycles. The highest BCUT2D eigenvalue weighted by molar-refractivity contribution is 5.82. The fraction of sp³-hybridized carbons (Fsp3) is 0.923. The van der Waals surface area contributed by atoms with Crippen LogP contribution in [-0.2, 0) is 4.79 Å². The van der Waals surface area contributed by atoms with Gasteiger partial charge in [0.2, 0.25) is 5.91 Å². The fourth-order valence-electron chi connectivity index (χ4n) is 3.05. The molecule has 0 radical (unpaired) electrons. The summed E-state index contributed by atoms with van der Waals surface area (Å²) in [4.78, 5) is 14.3. The van der Waals surface area contributed by atoms with Gasteiger partial charge in [-0.05, 0) is 38.6 Å². The number of rotatable bonds is 2. The first-order valence-corrected chi connectivity index (χ1v) is 6.97. The monoisotopic (exact) mass is 240 g/mol. The Balaban J connectivity index is 2.07. The number of nitrogens with zero attached hydrogens (tertiary/aromatic N) is 1. The van der Waals surface area contributed by atoms with Gasteiger partial charge in [0.25, 0.3) is 0 Å². The highest BCUT2D eigenvalue weighted by Crippen LogP contribution is 2.22. The molecular weight excluding hydrogens is 216 g/mol. The molecule has 2 atom stereocenters. The average molecular weight is 240 g/mol. The summed E-state index contributed by atoms with van der Waals surface area (Å²) in [5, 5.41) is 12.5. The summed E-state index contributed by atoms with van der Waals surface area (Å²) in [6.07, 6.45) is 7.72. The summed E-state index contributed by atoms with van der Waals surface area (Å²) in [5.41, 5.74) is 0. The quantitative estimate of drug-likeness (QED) is 0.754. The van der Waals surface area contributed by atoms with Crippen molar-refractivity contribution < 1.29 is 9.90 Å². The van der Waals surface area contributed by atoms with Crippen LogP contribution in [0.4, 0.5) is 0 Å². The zero-order valence-electron chi connectivity index (χ0n) is 10.5. The molecule has 0 saturated carbocycles. The minimum atomic E-state index is -0.00671. The molecule has 2 heterocycles. The SMILES string of the molecule is O=C1NCCCCC1N1CCCCCC1CO. The van der Waals surface area contributed by atoms with Crippen LogP contribution in [0.1, 0.15) is 44.9 Å². The Hall–Kier alpha value is -0.610. The van der Waals surface area contributed by atoms with E-state index in [2.05, 4.69) is 10.2 Å². The number of carbonyl (C=O) groups is 1. The van der Waals surface area contributed by atoms with Crippen molar-refractivity contribution in [3.63, 3.8) is 0 Å². The van der Waals surface area contributed by atoms with Gasteiger partial charge in [-0.1, -0.05) is 12.8 Å². The largest absolute Gasteiger partial charge is 0.395 e. The van der Waals surface area contributed by atoms with Crippen molar-refractivity contribution in [1.29, 1.82) is 0 Å². The van der Waals surface area contributed by atoms with E-state index in [1.54, 1.807) is 0 Å². The first-order chi connectivity index (χ1) is 8.33. The van der Waals surface area contributed by atoms with E-state index >= 15 is 0 Å². The first kappa shape index (κ1) is 12.8. The van der Waals surface area contributed by atoms with Crippen LogP contribution < -0.4 is 5.32 Å². The van der Waals surface area contributed by atoms with Crippen LogP contribution >= 0.6 is 0 Å². The summed E-state index contributed by atoms with van der Waals surface area (Å²) in [7, 11) is 0. The van der Waals surface area contributed by atoms with Crippen LogP contribution in [-0.4, -0.2) is 47.7 Å². The van der Waals surface area contributed by atoms with E-state index in [-0.39, 0.29) is 24.6 Å². The van der Waals surface area contributed by atoms with Gasteiger partial charge in [0.1, 0.15) is 0 Å². The van der Waals surface area contributed by atoms with E-state index in [4.69, 9.17) is 0 Å². The van der Waals surface area contributed by atoms with Crippen LogP contribution in [0.15, 0.2) is 0 Å². The van der Waals surface area contributed by atoms with Crippen LogP contribution in [0.3, 0.4) is 0 Å². The van der Waals surface area contributed by atoms with Gasteiger partial charge in [-0.15, -0.1) is 0 Å². The Morgan fingerprint density at radius 3 is 2.82 bits per heavy atom. The van der Waals surface area contributed by atoms with E-state index in [0.717, 1.165) is 45.2 Å². The van der Waals surface area contributed by atoms with Crippen molar-refractivity contribution in [2.75, 3.05) is 19.7 Å². The molecule has 2 aliphatic heterocycles. The normalized spacial score (nSPS) is 32.6. The van der Waals surface area contributed by atoms with Gasteiger partial charge in [0.05, 0.1) is 12.6 Å². The van der Waals surface area contributed by atoms with E-state index in [9.17, 15) is 9.90 Å². The minimum Gasteiger partial charge on any atom is -0.395 e. The molecule has 0 aromatic carbocycles. The maximum Gasteiger partial charge on any atom is 0.237 e. The standard InChI is InChI=1S/C13H24N2O2/c16-10-11-6-2-1-5-9-15(11)12-7-3-4-8-14-13(12)17/h11-12,16H,1-10H2,(H,14,17). The van der Waals surface area contributed by atoms with Crippen molar-refractivity contribution in [3.05, 3.63) is 0 Å². The first-order valence-electron chi connectivity index (χ1n) is 6.97. The molecule has 0 aromatic heterocycles. The molecule has 0 spiro atoms. The van der Waals surface area contributed by atoms with Gasteiger partial charge in [0.15, 0.2) is 0 Å². The molecule has 2 unspecified atom stereocenters. The average Bonchev–Trinajstić information content (AvgIpc) is 2.68. The highest BCUT2D eigenvalue weighted by Gasteiger charge is 2.32. The summed E-state index contributed by atoms with van der Waals surface area (Å²) >= 11 is 0. The van der Waals surface area contributed by atoms with Crippen LogP contribution in [0.5, 0.6) is 0 Å². The third-order valence-electron chi connectivity index (χ3n) is 4.04. The number of hydrogen-bond acceptors (Lipinski definition) is 3. The van der Waals surface area contributed by atoms with E-state index in [1.807, 2.05) is 0 Å². The van der Waals surface area contributed by atoms with Crippen molar-refractivity contribution >= 4 is 5.91 Å². The van der Waals surface area contributed by atoms with Gasteiger partial charge < -0.3 is 10.4 Å². The summed E-state index contributed by atoms with van der Waals surface area (Å²) in [6.45, 7) is 1.96. The second-order valence-corrected chi connectivity index (χ2v) is 5.23. The molecular formula is C13H24N2O2. The summed E-state index contributed by atoms with van der Waals surface area (Å²) in [5.74, 6) is 0.169. The lowest BCUT2D eigenvalue weighted by Crippen LogP contribution is -2.51. The zero-order valence-corrected chi connectivity index (χ0v) is 10.5. The van der Waals surface area contributed by atoms with Crippen LogP contribution in [0, 0.1) is 0 Å². The van der Waals surface area contributed by atoms with Crippen LogP contribution in [0.25, 0.3) is 0 Å². The minimum absolute atomic E-state index is 0.00671. The lowest BCUT2D eigenvalue weighted by atomic mass is 10.0. The third-order valence-corrected chi connectivity index (χ3v) is 4.04. The Labute approximate surface area is 103 Å². The molecule has 2 N–H and O–H groups in total. The Bertz CT molecular complexity index is 258. The van der Waals surface area contributed by atoms with Crippen molar-refractivity contribution in [2.24, 2.45) is 0 Å². The molecule has 1 amide bonds. The lowest BCUT2D eigenvalue weighted by molar-refractivity contribution is -0.127. The molecule has 2 fully saturated rings. The third kappa shape index (κ3) is 3.19. The molecule has 17 heavy (non-hydrogen) atoms. The van der Waals surface area contributed by atoms with Crippen molar-refractivity contribution in [2.45, 2.75) is 57.0 Å². The molecule has 4 nitrogen and oxygen atoms in total. The number of hydrogen-bond donors (Lipinski definition) is 2. The molecule has 4 heteroatoms. The Kier molecular flexibility index (Phi) is 4.80. The van der Waals surface area contributed by atoms with Crippen molar-refractivity contribution in [3.8, 4) is 0 Å². The van der Waals surface area contributed by atoms with Crippen LogP contribution in [0.2, 0.25) is 0 Å². The van der Waals surface area contributed by atoms with Crippen molar-refractivity contribution in [1.82, 2.24) is 10.2 Å². The molecule has 0 bridgehead atoms. The predicted molar refractivity (Wildman–Crippen MR) is 66.7 cm³/mol. The van der Waals surface area contributed by atoms with E-state index in [1.165, 1.54) is 12.8 Å². The van der Waals surface area contributed by atoms with Gasteiger partial charge in [-0.3, -0.25) is 9.69 Å². The number of carbonyl (C=O) groups excluding carboxylic acids is 1. The van der Waals surface area contributed by atoms with Gasteiger partial charge in [-0.25, -0.2) is 0 Å². The lowest BCUT2D eigenvalue weighted by Gasteiger charge is -2.34. The Morgan fingerprint density at radius 2 is 2.00 bits per heavy atom. The smallest absolute Gasteiger partial charge is 0.237 e. The number of nitrogens with one attached hydrogen (secondary N) is 1. The molecule has 98 valence electrons. The maximum atomic E-state index is 12.1. The zero-order chi connectivity index (χ0) is 12.1. The second kappa shape index (κ2) is 6.36. The maximum absolute atomic E-state index is 12.1. The second-order valence-electron chi connectivity index (χ2n) is 5.23. The molecule has 2 saturated heterocycles. The number of aliphatic hydroxyl groups is 1. The number of amides is 1. The van der Waals surface area contributed by atoms with E-state index in [0.29, 0.717) is 0 Å². The predicted octanol–water partition coefficient (Wildman–Crippen LogP) is 0.892. The summed E-state index contributed by atoms with van der Waals surface area (Å²) < 4.78 is 0.